The van der Waals surface area contributed by atoms with E-state index >= 15 is 0 Å². The molecule has 0 aromatic carbocycles. The molecule has 100 valence electrons. The predicted molar refractivity (Wildman–Crippen MR) is 71.1 cm³/mol. The van der Waals surface area contributed by atoms with Crippen molar-refractivity contribution in [2.75, 3.05) is 32.7 Å². The molecule has 17 heavy (non-hydrogen) atoms. The molecule has 3 heteroatoms. The molecule has 2 atom stereocenters. The molecule has 0 saturated carbocycles. The Morgan fingerprint density at radius 1 is 1.18 bits per heavy atom. The van der Waals surface area contributed by atoms with Crippen molar-refractivity contribution in [3.8, 4) is 0 Å². The van der Waals surface area contributed by atoms with E-state index in [1.165, 1.54) is 32.4 Å². The van der Waals surface area contributed by atoms with Gasteiger partial charge in [0.15, 0.2) is 0 Å². The number of aliphatic hydroxyl groups excluding tert-OH is 1. The number of fused-ring (bicyclic) bond motifs is 1. The van der Waals surface area contributed by atoms with Crippen molar-refractivity contribution in [1.29, 1.82) is 0 Å². The van der Waals surface area contributed by atoms with E-state index in [0.717, 1.165) is 25.7 Å². The molecule has 3 nitrogen and oxygen atoms in total. The highest BCUT2D eigenvalue weighted by atomic mass is 16.3. The SMILES string of the molecule is CC(C)(C)C(O)CN1CCCN2CCCC2C1. The van der Waals surface area contributed by atoms with Gasteiger partial charge in [-0.25, -0.2) is 0 Å². The minimum absolute atomic E-state index is 0.00165. The molecule has 0 amide bonds. The molecule has 0 bridgehead atoms. The van der Waals surface area contributed by atoms with Gasteiger partial charge in [-0.2, -0.15) is 0 Å². The minimum atomic E-state index is -0.213. The van der Waals surface area contributed by atoms with Crippen molar-refractivity contribution in [2.24, 2.45) is 5.41 Å². The van der Waals surface area contributed by atoms with Gasteiger partial charge in [-0.1, -0.05) is 20.8 Å². The molecule has 2 rings (SSSR count). The Morgan fingerprint density at radius 3 is 2.59 bits per heavy atom. The van der Waals surface area contributed by atoms with Crippen LogP contribution >= 0.6 is 0 Å². The zero-order valence-electron chi connectivity index (χ0n) is 11.7. The monoisotopic (exact) mass is 240 g/mol. The average molecular weight is 240 g/mol. The lowest BCUT2D eigenvalue weighted by molar-refractivity contribution is 0.0268. The van der Waals surface area contributed by atoms with Crippen LogP contribution in [0.5, 0.6) is 0 Å². The molecule has 2 fully saturated rings. The molecule has 2 aliphatic rings. The number of hydrogen-bond donors (Lipinski definition) is 1. The van der Waals surface area contributed by atoms with E-state index < -0.39 is 0 Å². The lowest BCUT2D eigenvalue weighted by atomic mass is 9.89. The summed E-state index contributed by atoms with van der Waals surface area (Å²) in [5, 5.41) is 10.2. The third kappa shape index (κ3) is 3.43. The van der Waals surface area contributed by atoms with Gasteiger partial charge < -0.3 is 5.11 Å². The standard InChI is InChI=1S/C14H28N2O/c1-14(2,3)13(17)11-15-7-5-9-16-8-4-6-12(16)10-15/h12-13,17H,4-11H2,1-3H3. The summed E-state index contributed by atoms with van der Waals surface area (Å²) < 4.78 is 0. The molecule has 2 saturated heterocycles. The predicted octanol–water partition coefficient (Wildman–Crippen LogP) is 1.56. The molecule has 2 aliphatic heterocycles. The van der Waals surface area contributed by atoms with Gasteiger partial charge in [-0.05, 0) is 44.3 Å². The van der Waals surface area contributed by atoms with Gasteiger partial charge in [-0.15, -0.1) is 0 Å². The van der Waals surface area contributed by atoms with Gasteiger partial charge in [0.05, 0.1) is 6.10 Å². The molecule has 0 aliphatic carbocycles. The fraction of sp³-hybridized carbons (Fsp3) is 1.00. The summed E-state index contributed by atoms with van der Waals surface area (Å²) >= 11 is 0. The van der Waals surface area contributed by atoms with Crippen molar-refractivity contribution < 1.29 is 5.11 Å². The topological polar surface area (TPSA) is 26.7 Å². The number of rotatable bonds is 2. The van der Waals surface area contributed by atoms with Gasteiger partial charge in [0, 0.05) is 19.1 Å². The number of β-amino-alcohol motifs (C(OH)–C–C–N with tert-alkyl or cyclic N) is 1. The van der Waals surface area contributed by atoms with Crippen LogP contribution in [0.25, 0.3) is 0 Å². The molecule has 0 aromatic rings. The van der Waals surface area contributed by atoms with E-state index in [9.17, 15) is 5.11 Å². The first-order valence-electron chi connectivity index (χ1n) is 7.11. The first-order chi connectivity index (χ1) is 7.97. The second-order valence-corrected chi connectivity index (χ2v) is 6.83. The second-order valence-electron chi connectivity index (χ2n) is 6.83. The van der Waals surface area contributed by atoms with E-state index in [1.54, 1.807) is 0 Å². The van der Waals surface area contributed by atoms with Crippen molar-refractivity contribution >= 4 is 0 Å². The Labute approximate surface area is 106 Å². The van der Waals surface area contributed by atoms with Crippen LogP contribution in [0.15, 0.2) is 0 Å². The molecule has 0 aromatic heterocycles. The molecule has 2 heterocycles. The van der Waals surface area contributed by atoms with Crippen molar-refractivity contribution in [3.05, 3.63) is 0 Å². The Bertz CT molecular complexity index is 249. The fourth-order valence-corrected chi connectivity index (χ4v) is 2.97. The maximum Gasteiger partial charge on any atom is 0.0715 e. The minimum Gasteiger partial charge on any atom is -0.391 e. The number of aliphatic hydroxyl groups is 1. The molecule has 0 radical (unpaired) electrons. The van der Waals surface area contributed by atoms with E-state index in [1.807, 2.05) is 0 Å². The maximum absolute atomic E-state index is 10.2. The Kier molecular flexibility index (Phi) is 4.11. The normalized spacial score (nSPS) is 30.0. The highest BCUT2D eigenvalue weighted by Gasteiger charge is 2.31. The molecule has 2 unspecified atom stereocenters. The summed E-state index contributed by atoms with van der Waals surface area (Å²) in [7, 11) is 0. The Hall–Kier alpha value is -0.120. The van der Waals surface area contributed by atoms with Crippen LogP contribution in [0.3, 0.4) is 0 Å². The van der Waals surface area contributed by atoms with Crippen LogP contribution in [-0.4, -0.2) is 59.8 Å². The lowest BCUT2D eigenvalue weighted by Gasteiger charge is -2.32. The van der Waals surface area contributed by atoms with Crippen LogP contribution in [0.1, 0.15) is 40.0 Å². The third-order valence-electron chi connectivity index (χ3n) is 4.32. The number of hydrogen-bond acceptors (Lipinski definition) is 3. The van der Waals surface area contributed by atoms with Crippen molar-refractivity contribution in [3.63, 3.8) is 0 Å². The number of nitrogens with zero attached hydrogens (tertiary/aromatic N) is 2. The van der Waals surface area contributed by atoms with Gasteiger partial charge >= 0.3 is 0 Å². The summed E-state index contributed by atoms with van der Waals surface area (Å²) in [6.07, 6.45) is 3.76. The van der Waals surface area contributed by atoms with Crippen LogP contribution in [-0.2, 0) is 0 Å². The van der Waals surface area contributed by atoms with E-state index in [2.05, 4.69) is 30.6 Å². The van der Waals surface area contributed by atoms with Gasteiger partial charge in [0.2, 0.25) is 0 Å². The highest BCUT2D eigenvalue weighted by molar-refractivity contribution is 4.86. The summed E-state index contributed by atoms with van der Waals surface area (Å²) in [6.45, 7) is 12.1. The zero-order chi connectivity index (χ0) is 12.5. The zero-order valence-corrected chi connectivity index (χ0v) is 11.7. The molecule has 0 spiro atoms. The van der Waals surface area contributed by atoms with Gasteiger partial charge in [0.25, 0.3) is 0 Å². The molecule has 1 N–H and O–H groups in total. The van der Waals surface area contributed by atoms with E-state index in [4.69, 9.17) is 0 Å². The average Bonchev–Trinajstić information content (AvgIpc) is 2.56. The third-order valence-corrected chi connectivity index (χ3v) is 4.32. The summed E-state index contributed by atoms with van der Waals surface area (Å²) in [6, 6.07) is 0.754. The molecular weight excluding hydrogens is 212 g/mol. The van der Waals surface area contributed by atoms with Crippen LogP contribution in [0.2, 0.25) is 0 Å². The van der Waals surface area contributed by atoms with Gasteiger partial charge in [0.1, 0.15) is 0 Å². The van der Waals surface area contributed by atoms with Crippen LogP contribution in [0, 0.1) is 5.41 Å². The Morgan fingerprint density at radius 2 is 1.88 bits per heavy atom. The van der Waals surface area contributed by atoms with E-state index in [0.29, 0.717) is 0 Å². The van der Waals surface area contributed by atoms with E-state index in [-0.39, 0.29) is 11.5 Å². The van der Waals surface area contributed by atoms with Crippen molar-refractivity contribution in [2.45, 2.75) is 52.2 Å². The Balaban J connectivity index is 1.88. The quantitative estimate of drug-likeness (QED) is 0.793. The maximum atomic E-state index is 10.2. The summed E-state index contributed by atoms with van der Waals surface area (Å²) in [4.78, 5) is 5.12. The fourth-order valence-electron chi connectivity index (χ4n) is 2.97. The first kappa shape index (κ1) is 13.3. The van der Waals surface area contributed by atoms with Gasteiger partial charge in [-0.3, -0.25) is 9.80 Å². The van der Waals surface area contributed by atoms with Crippen LogP contribution < -0.4 is 0 Å². The second kappa shape index (κ2) is 5.25. The lowest BCUT2D eigenvalue weighted by Crippen LogP contribution is -2.43. The summed E-state index contributed by atoms with van der Waals surface area (Å²) in [5.74, 6) is 0. The summed E-state index contributed by atoms with van der Waals surface area (Å²) in [5.41, 5.74) is 0.00165. The van der Waals surface area contributed by atoms with Crippen molar-refractivity contribution in [1.82, 2.24) is 9.80 Å². The van der Waals surface area contributed by atoms with Crippen LogP contribution in [0.4, 0.5) is 0 Å². The largest absolute Gasteiger partial charge is 0.391 e. The smallest absolute Gasteiger partial charge is 0.0715 e. The highest BCUT2D eigenvalue weighted by Crippen LogP contribution is 2.24. The first-order valence-corrected chi connectivity index (χ1v) is 7.11. The molecular formula is C14H28N2O.